The van der Waals surface area contributed by atoms with Crippen LogP contribution in [0.3, 0.4) is 0 Å². The fourth-order valence-corrected chi connectivity index (χ4v) is 2.37. The molecule has 0 atom stereocenters. The number of anilines is 2. The van der Waals surface area contributed by atoms with Gasteiger partial charge >= 0.3 is 6.01 Å². The van der Waals surface area contributed by atoms with E-state index in [1.807, 2.05) is 20.2 Å². The largest absolute Gasteiger partial charge is 0.424 e. The average Bonchev–Trinajstić information content (AvgIpc) is 2.94. The van der Waals surface area contributed by atoms with Crippen LogP contribution in [0.5, 0.6) is 11.8 Å². The fourth-order valence-electron chi connectivity index (χ4n) is 2.37. The number of hydrogen-bond donors (Lipinski definition) is 2. The first-order valence-corrected chi connectivity index (χ1v) is 6.85. The van der Waals surface area contributed by atoms with E-state index in [2.05, 4.69) is 32.5 Å². The molecule has 0 radical (unpaired) electrons. The first-order chi connectivity index (χ1) is 10.2. The fraction of sp³-hybridized carbons (Fsp3) is 0.357. The van der Waals surface area contributed by atoms with Gasteiger partial charge in [-0.2, -0.15) is 15.0 Å². The summed E-state index contributed by atoms with van der Waals surface area (Å²) >= 11 is 0. The van der Waals surface area contributed by atoms with Crippen LogP contribution in [-0.2, 0) is 12.8 Å². The SMILES string of the molecule is CN(C)c1nc(NN)nc(Oc2ccc3c(c2)CCC3)n1. The van der Waals surface area contributed by atoms with E-state index < -0.39 is 0 Å². The molecule has 0 saturated carbocycles. The second-order valence-electron chi connectivity index (χ2n) is 5.17. The van der Waals surface area contributed by atoms with Gasteiger partial charge in [-0.3, -0.25) is 5.43 Å². The summed E-state index contributed by atoms with van der Waals surface area (Å²) in [6, 6.07) is 6.32. The van der Waals surface area contributed by atoms with Crippen molar-refractivity contribution in [3.8, 4) is 11.8 Å². The third-order valence-corrected chi connectivity index (χ3v) is 3.41. The minimum Gasteiger partial charge on any atom is -0.424 e. The number of hydrogen-bond acceptors (Lipinski definition) is 7. The van der Waals surface area contributed by atoms with E-state index in [-0.39, 0.29) is 12.0 Å². The Hall–Kier alpha value is -2.41. The number of fused-ring (bicyclic) bond motifs is 1. The van der Waals surface area contributed by atoms with Gasteiger partial charge in [-0.05, 0) is 42.5 Å². The lowest BCUT2D eigenvalue weighted by Crippen LogP contribution is -2.17. The van der Waals surface area contributed by atoms with Crippen LogP contribution in [0.1, 0.15) is 17.5 Å². The van der Waals surface area contributed by atoms with Crippen molar-refractivity contribution in [1.29, 1.82) is 0 Å². The third kappa shape index (κ3) is 2.87. The molecule has 21 heavy (non-hydrogen) atoms. The Morgan fingerprint density at radius 3 is 2.71 bits per heavy atom. The van der Waals surface area contributed by atoms with Crippen molar-refractivity contribution in [2.45, 2.75) is 19.3 Å². The highest BCUT2D eigenvalue weighted by Gasteiger charge is 2.13. The topological polar surface area (TPSA) is 89.2 Å². The van der Waals surface area contributed by atoms with Crippen LogP contribution in [0.15, 0.2) is 18.2 Å². The normalized spacial score (nSPS) is 12.9. The lowest BCUT2D eigenvalue weighted by molar-refractivity contribution is 0.440. The number of benzene rings is 1. The van der Waals surface area contributed by atoms with Gasteiger partial charge in [0.2, 0.25) is 11.9 Å². The highest BCUT2D eigenvalue weighted by Crippen LogP contribution is 2.28. The molecule has 0 saturated heterocycles. The Labute approximate surface area is 123 Å². The summed E-state index contributed by atoms with van der Waals surface area (Å²) in [5.41, 5.74) is 5.16. The van der Waals surface area contributed by atoms with Gasteiger partial charge in [0.1, 0.15) is 5.75 Å². The van der Waals surface area contributed by atoms with Crippen LogP contribution in [0.4, 0.5) is 11.9 Å². The zero-order valence-electron chi connectivity index (χ0n) is 12.1. The number of nitrogens with zero attached hydrogens (tertiary/aromatic N) is 4. The molecular weight excluding hydrogens is 268 g/mol. The van der Waals surface area contributed by atoms with E-state index in [9.17, 15) is 0 Å². The van der Waals surface area contributed by atoms with Gasteiger partial charge in [0.15, 0.2) is 0 Å². The number of ether oxygens (including phenoxy) is 1. The maximum Gasteiger partial charge on any atom is 0.328 e. The van der Waals surface area contributed by atoms with Gasteiger partial charge in [-0.1, -0.05) is 6.07 Å². The van der Waals surface area contributed by atoms with Gasteiger partial charge in [0.05, 0.1) is 0 Å². The lowest BCUT2D eigenvalue weighted by atomic mass is 10.1. The summed E-state index contributed by atoms with van der Waals surface area (Å²) in [5.74, 6) is 6.86. The van der Waals surface area contributed by atoms with Crippen LogP contribution in [0.25, 0.3) is 0 Å². The van der Waals surface area contributed by atoms with E-state index in [0.29, 0.717) is 5.95 Å². The number of aryl methyl sites for hydroxylation is 2. The van der Waals surface area contributed by atoms with Crippen molar-refractivity contribution in [2.24, 2.45) is 5.84 Å². The second-order valence-corrected chi connectivity index (χ2v) is 5.17. The Bertz CT molecular complexity index is 658. The molecule has 3 rings (SSSR count). The molecule has 2 aromatic rings. The summed E-state index contributed by atoms with van der Waals surface area (Å²) in [4.78, 5) is 14.3. The second kappa shape index (κ2) is 5.53. The lowest BCUT2D eigenvalue weighted by Gasteiger charge is -2.12. The molecule has 7 nitrogen and oxygen atoms in total. The molecule has 0 aliphatic heterocycles. The summed E-state index contributed by atoms with van der Waals surface area (Å²) in [6.07, 6.45) is 3.45. The van der Waals surface area contributed by atoms with E-state index >= 15 is 0 Å². The molecule has 7 heteroatoms. The van der Waals surface area contributed by atoms with Crippen LogP contribution in [0, 0.1) is 0 Å². The van der Waals surface area contributed by atoms with Crippen LogP contribution in [-0.4, -0.2) is 29.0 Å². The summed E-state index contributed by atoms with van der Waals surface area (Å²) in [5, 5.41) is 0. The molecule has 0 amide bonds. The van der Waals surface area contributed by atoms with Crippen LogP contribution >= 0.6 is 0 Å². The monoisotopic (exact) mass is 286 g/mol. The molecule has 0 fully saturated rings. The highest BCUT2D eigenvalue weighted by molar-refractivity contribution is 5.41. The van der Waals surface area contributed by atoms with Crippen LogP contribution < -0.4 is 20.9 Å². The number of nitrogen functional groups attached to an aromatic ring is 1. The predicted octanol–water partition coefficient (Wildman–Crippen LogP) is 1.50. The summed E-state index contributed by atoms with van der Waals surface area (Å²) < 4.78 is 5.75. The van der Waals surface area contributed by atoms with Crippen molar-refractivity contribution in [2.75, 3.05) is 24.4 Å². The molecule has 0 bridgehead atoms. The van der Waals surface area contributed by atoms with Crippen LogP contribution in [0.2, 0.25) is 0 Å². The Kier molecular flexibility index (Phi) is 3.57. The number of rotatable bonds is 4. The Morgan fingerprint density at radius 2 is 1.95 bits per heavy atom. The van der Waals surface area contributed by atoms with E-state index in [4.69, 9.17) is 10.6 Å². The highest BCUT2D eigenvalue weighted by atomic mass is 16.5. The molecule has 0 unspecified atom stereocenters. The minimum atomic E-state index is 0.222. The molecular formula is C14H18N6O. The molecule has 1 aromatic carbocycles. The maximum atomic E-state index is 5.75. The van der Waals surface area contributed by atoms with Crippen molar-refractivity contribution in [1.82, 2.24) is 15.0 Å². The zero-order chi connectivity index (χ0) is 14.8. The van der Waals surface area contributed by atoms with E-state index in [0.717, 1.165) is 18.6 Å². The molecule has 1 aromatic heterocycles. The zero-order valence-corrected chi connectivity index (χ0v) is 12.1. The Morgan fingerprint density at radius 1 is 1.14 bits per heavy atom. The molecule has 110 valence electrons. The van der Waals surface area contributed by atoms with Crippen molar-refractivity contribution in [3.63, 3.8) is 0 Å². The van der Waals surface area contributed by atoms with Gasteiger partial charge < -0.3 is 9.64 Å². The Balaban J connectivity index is 1.88. The standard InChI is InChI=1S/C14H18N6O/c1-20(2)13-16-12(19-15)17-14(18-13)21-11-7-6-9-4-3-5-10(9)8-11/h6-8H,3-5,15H2,1-2H3,(H,16,17,18,19). The molecule has 1 heterocycles. The molecule has 0 spiro atoms. The third-order valence-electron chi connectivity index (χ3n) is 3.41. The van der Waals surface area contributed by atoms with Crippen molar-refractivity contribution < 1.29 is 4.74 Å². The smallest absolute Gasteiger partial charge is 0.328 e. The maximum absolute atomic E-state index is 5.75. The first kappa shape index (κ1) is 13.6. The number of nitrogens with one attached hydrogen (secondary N) is 1. The number of hydrazine groups is 1. The van der Waals surface area contributed by atoms with Crippen molar-refractivity contribution in [3.05, 3.63) is 29.3 Å². The first-order valence-electron chi connectivity index (χ1n) is 6.85. The molecule has 1 aliphatic rings. The number of aromatic nitrogens is 3. The van der Waals surface area contributed by atoms with E-state index in [1.165, 1.54) is 17.5 Å². The van der Waals surface area contributed by atoms with Gasteiger partial charge in [0, 0.05) is 14.1 Å². The number of nitrogens with two attached hydrogens (primary N) is 1. The quantitative estimate of drug-likeness (QED) is 0.650. The van der Waals surface area contributed by atoms with Gasteiger partial charge in [-0.15, -0.1) is 0 Å². The van der Waals surface area contributed by atoms with Gasteiger partial charge in [0.25, 0.3) is 0 Å². The molecule has 3 N–H and O–H groups in total. The predicted molar refractivity (Wildman–Crippen MR) is 80.5 cm³/mol. The van der Waals surface area contributed by atoms with Crippen molar-refractivity contribution >= 4 is 11.9 Å². The van der Waals surface area contributed by atoms with E-state index in [1.54, 1.807) is 4.90 Å². The average molecular weight is 286 g/mol. The minimum absolute atomic E-state index is 0.222. The summed E-state index contributed by atoms with van der Waals surface area (Å²) in [7, 11) is 3.68. The summed E-state index contributed by atoms with van der Waals surface area (Å²) in [6.45, 7) is 0. The molecule has 1 aliphatic carbocycles. The van der Waals surface area contributed by atoms with Gasteiger partial charge in [-0.25, -0.2) is 5.84 Å².